The van der Waals surface area contributed by atoms with Crippen molar-refractivity contribution >= 4 is 6.29 Å². The molecule has 1 N–H and O–H groups in total. The van der Waals surface area contributed by atoms with Gasteiger partial charge in [-0.2, -0.15) is 0 Å². The van der Waals surface area contributed by atoms with Crippen LogP contribution in [0.5, 0.6) is 5.75 Å². The molecule has 1 saturated carbocycles. The molecule has 2 aliphatic carbocycles. The Morgan fingerprint density at radius 1 is 1.35 bits per heavy atom. The number of aliphatic hydroxyl groups excluding tert-OH is 1. The summed E-state index contributed by atoms with van der Waals surface area (Å²) in [5.74, 6) is 1.30. The topological polar surface area (TPSA) is 76.7 Å². The minimum atomic E-state index is -0.663. The number of allylic oxidation sites excluding steroid dienone is 1. The standard InChI is InChI=1S/C18H22O5/c1-10-6-7-11-12(4-3-5-14(11)20)17(10)16-8-15(22-2)13(9-19)18(21)23-16/h6-12,14,17,20H,3-5H2,1-2H3/t10-,11+,12+,14+,17+/m0/s1. The van der Waals surface area contributed by atoms with Crippen LogP contribution in [0.1, 0.15) is 48.2 Å². The number of methoxy groups -OCH3 is 1. The number of aldehydes is 1. The van der Waals surface area contributed by atoms with Gasteiger partial charge in [-0.1, -0.05) is 25.5 Å². The van der Waals surface area contributed by atoms with Crippen molar-refractivity contribution in [2.24, 2.45) is 17.8 Å². The van der Waals surface area contributed by atoms with Crippen molar-refractivity contribution in [1.29, 1.82) is 0 Å². The lowest BCUT2D eigenvalue weighted by molar-refractivity contribution is 0.0332. The molecule has 1 aromatic heterocycles. The summed E-state index contributed by atoms with van der Waals surface area (Å²) >= 11 is 0. The van der Waals surface area contributed by atoms with E-state index >= 15 is 0 Å². The van der Waals surface area contributed by atoms with Crippen LogP contribution < -0.4 is 10.4 Å². The zero-order valence-corrected chi connectivity index (χ0v) is 13.4. The monoisotopic (exact) mass is 318 g/mol. The van der Waals surface area contributed by atoms with E-state index in [4.69, 9.17) is 9.15 Å². The van der Waals surface area contributed by atoms with Crippen molar-refractivity contribution in [3.63, 3.8) is 0 Å². The van der Waals surface area contributed by atoms with Crippen LogP contribution in [0.2, 0.25) is 0 Å². The molecule has 0 aliphatic heterocycles. The molecule has 124 valence electrons. The van der Waals surface area contributed by atoms with Gasteiger partial charge in [0.2, 0.25) is 0 Å². The molecule has 2 aliphatic rings. The van der Waals surface area contributed by atoms with Crippen LogP contribution in [0.25, 0.3) is 0 Å². The Balaban J connectivity index is 2.06. The van der Waals surface area contributed by atoms with Crippen LogP contribution in [0.15, 0.2) is 27.4 Å². The van der Waals surface area contributed by atoms with Gasteiger partial charge < -0.3 is 14.3 Å². The zero-order chi connectivity index (χ0) is 16.6. The van der Waals surface area contributed by atoms with Crippen molar-refractivity contribution in [3.8, 4) is 5.75 Å². The molecule has 1 aromatic rings. The molecule has 5 atom stereocenters. The highest BCUT2D eigenvalue weighted by molar-refractivity contribution is 5.78. The molecular formula is C18H22O5. The summed E-state index contributed by atoms with van der Waals surface area (Å²) in [6, 6.07) is 1.66. The molecule has 1 heterocycles. The average Bonchev–Trinajstić information content (AvgIpc) is 2.54. The minimum Gasteiger partial charge on any atom is -0.496 e. The van der Waals surface area contributed by atoms with Crippen molar-refractivity contribution in [2.75, 3.05) is 7.11 Å². The van der Waals surface area contributed by atoms with E-state index in [1.54, 1.807) is 6.07 Å². The second-order valence-corrected chi connectivity index (χ2v) is 6.55. The van der Waals surface area contributed by atoms with Crippen LogP contribution in [-0.4, -0.2) is 24.6 Å². The van der Waals surface area contributed by atoms with E-state index in [1.165, 1.54) is 7.11 Å². The smallest absolute Gasteiger partial charge is 0.350 e. The first-order valence-electron chi connectivity index (χ1n) is 8.10. The molecule has 0 radical (unpaired) electrons. The van der Waals surface area contributed by atoms with Gasteiger partial charge in [-0.05, 0) is 24.7 Å². The quantitative estimate of drug-likeness (QED) is 0.684. The molecule has 3 rings (SSSR count). The van der Waals surface area contributed by atoms with E-state index in [1.807, 2.05) is 0 Å². The number of rotatable bonds is 3. The van der Waals surface area contributed by atoms with Crippen molar-refractivity contribution in [3.05, 3.63) is 40.0 Å². The summed E-state index contributed by atoms with van der Waals surface area (Å²) < 4.78 is 10.6. The third kappa shape index (κ3) is 2.74. The van der Waals surface area contributed by atoms with Gasteiger partial charge >= 0.3 is 5.63 Å². The number of ether oxygens (including phenoxy) is 1. The zero-order valence-electron chi connectivity index (χ0n) is 13.4. The Morgan fingerprint density at radius 3 is 2.83 bits per heavy atom. The second kappa shape index (κ2) is 6.32. The van der Waals surface area contributed by atoms with Gasteiger partial charge in [0.05, 0.1) is 13.2 Å². The molecular weight excluding hydrogens is 296 g/mol. The number of hydrogen-bond donors (Lipinski definition) is 1. The van der Waals surface area contributed by atoms with E-state index in [0.717, 1.165) is 19.3 Å². The fraction of sp³-hybridized carbons (Fsp3) is 0.556. The maximum atomic E-state index is 12.1. The molecule has 0 saturated heterocycles. The van der Waals surface area contributed by atoms with Crippen molar-refractivity contribution in [2.45, 2.75) is 38.2 Å². The largest absolute Gasteiger partial charge is 0.496 e. The Labute approximate surface area is 135 Å². The maximum Gasteiger partial charge on any atom is 0.350 e. The van der Waals surface area contributed by atoms with Crippen LogP contribution in [0.3, 0.4) is 0 Å². The number of aliphatic hydroxyl groups is 1. The summed E-state index contributed by atoms with van der Waals surface area (Å²) in [7, 11) is 1.43. The fourth-order valence-electron chi connectivity index (χ4n) is 4.14. The van der Waals surface area contributed by atoms with Crippen LogP contribution in [-0.2, 0) is 0 Å². The molecule has 0 bridgehead atoms. The minimum absolute atomic E-state index is 0.00209. The lowest BCUT2D eigenvalue weighted by atomic mass is 9.63. The number of hydrogen-bond acceptors (Lipinski definition) is 5. The van der Waals surface area contributed by atoms with E-state index in [-0.39, 0.29) is 41.1 Å². The lowest BCUT2D eigenvalue weighted by Crippen LogP contribution is -2.39. The van der Waals surface area contributed by atoms with Crippen molar-refractivity contribution in [1.82, 2.24) is 0 Å². The summed E-state index contributed by atoms with van der Waals surface area (Å²) in [5.41, 5.74) is -0.750. The van der Waals surface area contributed by atoms with Gasteiger partial charge in [0.25, 0.3) is 0 Å². The Morgan fingerprint density at radius 2 is 2.13 bits per heavy atom. The predicted molar refractivity (Wildman–Crippen MR) is 84.8 cm³/mol. The van der Waals surface area contributed by atoms with Crippen LogP contribution >= 0.6 is 0 Å². The average molecular weight is 318 g/mol. The number of carbonyl (C=O) groups excluding carboxylic acids is 1. The summed E-state index contributed by atoms with van der Waals surface area (Å²) in [6.45, 7) is 2.08. The van der Waals surface area contributed by atoms with Gasteiger partial charge in [0.1, 0.15) is 17.1 Å². The van der Waals surface area contributed by atoms with Gasteiger partial charge in [0, 0.05) is 17.9 Å². The molecule has 0 unspecified atom stereocenters. The predicted octanol–water partition coefficient (Wildman–Crippen LogP) is 2.53. The van der Waals surface area contributed by atoms with Gasteiger partial charge in [-0.3, -0.25) is 4.79 Å². The molecule has 23 heavy (non-hydrogen) atoms. The van der Waals surface area contributed by atoms with Gasteiger partial charge in [-0.15, -0.1) is 0 Å². The SMILES string of the molecule is COc1cc([C@H]2[C@@H]3CCC[C@@H](O)[C@@H]3C=C[C@@H]2C)oc(=O)c1C=O. The second-order valence-electron chi connectivity index (χ2n) is 6.55. The third-order valence-electron chi connectivity index (χ3n) is 5.28. The molecule has 0 aromatic carbocycles. The Bertz CT molecular complexity index is 674. The highest BCUT2D eigenvalue weighted by Crippen LogP contribution is 2.48. The van der Waals surface area contributed by atoms with Crippen LogP contribution in [0, 0.1) is 17.8 Å². The summed E-state index contributed by atoms with van der Waals surface area (Å²) in [4.78, 5) is 23.1. The first-order chi connectivity index (χ1) is 11.1. The van der Waals surface area contributed by atoms with Gasteiger partial charge in [-0.25, -0.2) is 4.79 Å². The Hall–Kier alpha value is -1.88. The van der Waals surface area contributed by atoms with E-state index in [9.17, 15) is 14.7 Å². The first kappa shape index (κ1) is 16.0. The molecule has 1 fully saturated rings. The highest BCUT2D eigenvalue weighted by Gasteiger charge is 2.42. The third-order valence-corrected chi connectivity index (χ3v) is 5.28. The summed E-state index contributed by atoms with van der Waals surface area (Å²) in [6.07, 6.45) is 7.07. The van der Waals surface area contributed by atoms with E-state index in [2.05, 4.69) is 19.1 Å². The Kier molecular flexibility index (Phi) is 4.39. The van der Waals surface area contributed by atoms with Crippen LogP contribution in [0.4, 0.5) is 0 Å². The highest BCUT2D eigenvalue weighted by atomic mass is 16.5. The number of carbonyl (C=O) groups is 1. The fourth-order valence-corrected chi connectivity index (χ4v) is 4.14. The maximum absolute atomic E-state index is 12.1. The van der Waals surface area contributed by atoms with E-state index < -0.39 is 5.63 Å². The van der Waals surface area contributed by atoms with Gasteiger partial charge in [0.15, 0.2) is 6.29 Å². The van der Waals surface area contributed by atoms with Crippen molar-refractivity contribution < 1.29 is 19.1 Å². The molecule has 5 nitrogen and oxygen atoms in total. The lowest BCUT2D eigenvalue weighted by Gasteiger charge is -2.43. The molecule has 5 heteroatoms. The normalized spacial score (nSPS) is 33.1. The molecule has 0 amide bonds. The number of fused-ring (bicyclic) bond motifs is 1. The van der Waals surface area contributed by atoms with E-state index in [0.29, 0.717) is 12.0 Å². The summed E-state index contributed by atoms with van der Waals surface area (Å²) in [5, 5.41) is 10.3. The molecule has 0 spiro atoms. The first-order valence-corrected chi connectivity index (χ1v) is 8.10.